The lowest BCUT2D eigenvalue weighted by molar-refractivity contribution is 0.255. The first-order chi connectivity index (χ1) is 9.43. The van der Waals surface area contributed by atoms with Crippen molar-refractivity contribution < 1.29 is 0 Å². The summed E-state index contributed by atoms with van der Waals surface area (Å²) >= 11 is 1.87. The van der Waals surface area contributed by atoms with Gasteiger partial charge in [-0.2, -0.15) is 0 Å². The summed E-state index contributed by atoms with van der Waals surface area (Å²) in [5.74, 6) is 2.32. The Hall–Kier alpha value is -0.590. The highest BCUT2D eigenvalue weighted by molar-refractivity contribution is 7.99. The van der Waals surface area contributed by atoms with Gasteiger partial charge in [-0.1, -0.05) is 18.2 Å². The molecule has 0 unspecified atom stereocenters. The Morgan fingerprint density at radius 3 is 2.84 bits per heavy atom. The number of nitrogens with one attached hydrogen (secondary N) is 1. The van der Waals surface area contributed by atoms with Gasteiger partial charge in [0.1, 0.15) is 5.82 Å². The number of aromatic nitrogens is 3. The van der Waals surface area contributed by atoms with E-state index in [2.05, 4.69) is 25.0 Å². The van der Waals surface area contributed by atoms with Gasteiger partial charge in [0.15, 0.2) is 5.16 Å². The molecule has 0 atom stereocenters. The molecule has 0 aliphatic carbocycles. The number of piperazine rings is 1. The van der Waals surface area contributed by atoms with Crippen LogP contribution >= 0.6 is 11.8 Å². The Labute approximate surface area is 119 Å². The fraction of sp³-hybridized carbons (Fsp3) is 0.846. The molecule has 1 aromatic heterocycles. The molecule has 1 aromatic rings. The fourth-order valence-electron chi connectivity index (χ4n) is 2.77. The van der Waals surface area contributed by atoms with E-state index < -0.39 is 0 Å². The summed E-state index contributed by atoms with van der Waals surface area (Å²) in [5, 5.41) is 13.2. The monoisotopic (exact) mass is 281 g/mol. The zero-order chi connectivity index (χ0) is 12.9. The molecule has 6 heteroatoms. The molecule has 0 amide bonds. The second kappa shape index (κ2) is 6.72. The minimum absolute atomic E-state index is 1.10. The maximum absolute atomic E-state index is 4.37. The van der Waals surface area contributed by atoms with Gasteiger partial charge < -0.3 is 9.88 Å². The molecule has 1 fully saturated rings. The Morgan fingerprint density at radius 1 is 1.05 bits per heavy atom. The lowest BCUT2D eigenvalue weighted by atomic mass is 10.2. The van der Waals surface area contributed by atoms with Crippen molar-refractivity contribution in [2.24, 2.45) is 0 Å². The molecule has 106 valence electrons. The molecule has 5 nitrogen and oxygen atoms in total. The molecule has 1 N–H and O–H groups in total. The molecule has 0 bridgehead atoms. The molecule has 2 aliphatic heterocycles. The van der Waals surface area contributed by atoms with Gasteiger partial charge in [0.25, 0.3) is 0 Å². The zero-order valence-electron chi connectivity index (χ0n) is 11.5. The van der Waals surface area contributed by atoms with Gasteiger partial charge in [-0.25, -0.2) is 0 Å². The van der Waals surface area contributed by atoms with Gasteiger partial charge in [-0.05, 0) is 12.8 Å². The first-order valence-electron chi connectivity index (χ1n) is 7.41. The van der Waals surface area contributed by atoms with Crippen molar-refractivity contribution in [3.63, 3.8) is 0 Å². The highest BCUT2D eigenvalue weighted by Gasteiger charge is 2.15. The van der Waals surface area contributed by atoms with Gasteiger partial charge in [-0.15, -0.1) is 10.2 Å². The van der Waals surface area contributed by atoms with Crippen LogP contribution in [0.5, 0.6) is 0 Å². The SMILES string of the molecule is C1CCc2nnc(SCCN3CCNCC3)n2CC1. The van der Waals surface area contributed by atoms with Crippen molar-refractivity contribution >= 4 is 11.8 Å². The van der Waals surface area contributed by atoms with Crippen LogP contribution in [0.1, 0.15) is 25.1 Å². The Kier molecular flexibility index (Phi) is 4.74. The number of fused-ring (bicyclic) bond motifs is 1. The number of hydrogen-bond acceptors (Lipinski definition) is 5. The van der Waals surface area contributed by atoms with Crippen molar-refractivity contribution in [1.29, 1.82) is 0 Å². The number of nitrogens with zero attached hydrogens (tertiary/aromatic N) is 4. The number of hydrogen-bond donors (Lipinski definition) is 1. The van der Waals surface area contributed by atoms with Crippen LogP contribution in [-0.2, 0) is 13.0 Å². The fourth-order valence-corrected chi connectivity index (χ4v) is 3.75. The number of rotatable bonds is 4. The molecule has 3 rings (SSSR count). The van der Waals surface area contributed by atoms with Crippen molar-refractivity contribution in [3.8, 4) is 0 Å². The topological polar surface area (TPSA) is 46.0 Å². The highest BCUT2D eigenvalue weighted by atomic mass is 32.2. The predicted octanol–water partition coefficient (Wildman–Crippen LogP) is 1.00. The molecule has 19 heavy (non-hydrogen) atoms. The molecule has 3 heterocycles. The summed E-state index contributed by atoms with van der Waals surface area (Å²) in [6.07, 6.45) is 4.97. The summed E-state index contributed by atoms with van der Waals surface area (Å²) in [7, 11) is 0. The minimum Gasteiger partial charge on any atom is -0.314 e. The van der Waals surface area contributed by atoms with E-state index in [1.807, 2.05) is 11.8 Å². The largest absolute Gasteiger partial charge is 0.314 e. The lowest BCUT2D eigenvalue weighted by Crippen LogP contribution is -2.44. The van der Waals surface area contributed by atoms with Gasteiger partial charge in [0.05, 0.1) is 0 Å². The minimum atomic E-state index is 1.10. The first kappa shape index (κ1) is 13.4. The van der Waals surface area contributed by atoms with Crippen LogP contribution in [0.25, 0.3) is 0 Å². The normalized spacial score (nSPS) is 21.1. The summed E-state index contributed by atoms with van der Waals surface area (Å²) in [6.45, 7) is 6.89. The van der Waals surface area contributed by atoms with Crippen LogP contribution in [0, 0.1) is 0 Å². The summed E-state index contributed by atoms with van der Waals surface area (Å²) < 4.78 is 2.34. The van der Waals surface area contributed by atoms with E-state index in [1.54, 1.807) is 0 Å². The van der Waals surface area contributed by atoms with Crippen molar-refractivity contribution in [2.45, 2.75) is 37.4 Å². The quantitative estimate of drug-likeness (QED) is 0.834. The van der Waals surface area contributed by atoms with Crippen LogP contribution in [-0.4, -0.2) is 58.1 Å². The van der Waals surface area contributed by atoms with E-state index in [-0.39, 0.29) is 0 Å². The van der Waals surface area contributed by atoms with Crippen molar-refractivity contribution in [2.75, 3.05) is 38.5 Å². The van der Waals surface area contributed by atoms with Gasteiger partial charge >= 0.3 is 0 Å². The maximum atomic E-state index is 4.37. The lowest BCUT2D eigenvalue weighted by Gasteiger charge is -2.26. The molecular weight excluding hydrogens is 258 g/mol. The van der Waals surface area contributed by atoms with Crippen LogP contribution < -0.4 is 5.32 Å². The zero-order valence-corrected chi connectivity index (χ0v) is 12.3. The third-order valence-electron chi connectivity index (χ3n) is 3.92. The third kappa shape index (κ3) is 3.49. The van der Waals surface area contributed by atoms with Crippen LogP contribution in [0.4, 0.5) is 0 Å². The smallest absolute Gasteiger partial charge is 0.191 e. The summed E-state index contributed by atoms with van der Waals surface area (Å²) in [4.78, 5) is 2.53. The Balaban J connectivity index is 1.51. The summed E-state index contributed by atoms with van der Waals surface area (Å²) in [5.41, 5.74) is 0. The molecule has 2 aliphatic rings. The van der Waals surface area contributed by atoms with Crippen LogP contribution in [0.15, 0.2) is 5.16 Å². The maximum Gasteiger partial charge on any atom is 0.191 e. The standard InChI is InChI=1S/C13H23N5S/c1-2-4-12-15-16-13(18(12)7-3-1)19-11-10-17-8-5-14-6-9-17/h14H,1-11H2. The van der Waals surface area contributed by atoms with E-state index in [9.17, 15) is 0 Å². The Morgan fingerprint density at radius 2 is 1.95 bits per heavy atom. The van der Waals surface area contributed by atoms with E-state index in [0.29, 0.717) is 0 Å². The highest BCUT2D eigenvalue weighted by Crippen LogP contribution is 2.21. The Bertz CT molecular complexity index is 400. The van der Waals surface area contributed by atoms with Crippen LogP contribution in [0.2, 0.25) is 0 Å². The molecule has 0 saturated carbocycles. The van der Waals surface area contributed by atoms with E-state index in [0.717, 1.165) is 43.5 Å². The van der Waals surface area contributed by atoms with E-state index in [1.165, 1.54) is 38.2 Å². The van der Waals surface area contributed by atoms with Gasteiger partial charge in [0.2, 0.25) is 0 Å². The second-order valence-electron chi connectivity index (χ2n) is 5.30. The molecule has 1 saturated heterocycles. The molecule has 0 spiro atoms. The van der Waals surface area contributed by atoms with E-state index >= 15 is 0 Å². The van der Waals surface area contributed by atoms with Crippen molar-refractivity contribution in [3.05, 3.63) is 5.82 Å². The van der Waals surface area contributed by atoms with E-state index in [4.69, 9.17) is 0 Å². The molecule has 0 radical (unpaired) electrons. The summed E-state index contributed by atoms with van der Waals surface area (Å²) in [6, 6.07) is 0. The second-order valence-corrected chi connectivity index (χ2v) is 6.36. The molecular formula is C13H23N5S. The predicted molar refractivity (Wildman–Crippen MR) is 77.6 cm³/mol. The van der Waals surface area contributed by atoms with Gasteiger partial charge in [0, 0.05) is 51.4 Å². The first-order valence-corrected chi connectivity index (χ1v) is 8.40. The van der Waals surface area contributed by atoms with Crippen molar-refractivity contribution in [1.82, 2.24) is 25.0 Å². The number of thioether (sulfide) groups is 1. The average Bonchev–Trinajstić information content (AvgIpc) is 2.69. The number of aryl methyl sites for hydroxylation is 1. The third-order valence-corrected chi connectivity index (χ3v) is 4.87. The van der Waals surface area contributed by atoms with Gasteiger partial charge in [-0.3, -0.25) is 4.90 Å². The molecule has 0 aromatic carbocycles. The average molecular weight is 281 g/mol. The van der Waals surface area contributed by atoms with Crippen LogP contribution in [0.3, 0.4) is 0 Å².